The van der Waals surface area contributed by atoms with Crippen LogP contribution < -0.4 is 4.72 Å². The van der Waals surface area contributed by atoms with Crippen LogP contribution in [0.5, 0.6) is 0 Å². The van der Waals surface area contributed by atoms with E-state index in [1.807, 2.05) is 13.8 Å². The normalized spacial score (nSPS) is 16.6. The highest BCUT2D eigenvalue weighted by molar-refractivity contribution is 7.83. The van der Waals surface area contributed by atoms with Crippen molar-refractivity contribution in [3.63, 3.8) is 0 Å². The minimum Gasteiger partial charge on any atom is -0.274 e. The summed E-state index contributed by atoms with van der Waals surface area (Å²) in [6.07, 6.45) is 8.83. The second-order valence-electron chi connectivity index (χ2n) is 7.54. The maximum absolute atomic E-state index is 12.6. The van der Waals surface area contributed by atoms with Crippen LogP contribution in [0.1, 0.15) is 60.5 Å². The summed E-state index contributed by atoms with van der Waals surface area (Å²) >= 11 is 0. The van der Waals surface area contributed by atoms with Gasteiger partial charge >= 0.3 is 0 Å². The maximum atomic E-state index is 12.6. The molecule has 4 rings (SSSR count). The molecular formula is C20H25N3O2S. The molecule has 6 heteroatoms. The van der Waals surface area contributed by atoms with Crippen LogP contribution in [0.4, 0.5) is 0 Å². The lowest BCUT2D eigenvalue weighted by Crippen LogP contribution is -2.28. The summed E-state index contributed by atoms with van der Waals surface area (Å²) in [7, 11) is -1.61. The van der Waals surface area contributed by atoms with Gasteiger partial charge in [0.2, 0.25) is 5.91 Å². The van der Waals surface area contributed by atoms with Gasteiger partial charge in [0.15, 0.2) is 16.0 Å². The molecule has 1 atom stereocenters. The second kappa shape index (κ2) is 6.99. The molecule has 1 N–H and O–H groups in total. The average molecular weight is 372 g/mol. The van der Waals surface area contributed by atoms with E-state index in [0.29, 0.717) is 11.4 Å². The number of carbonyl (C=O) groups excluding carboxylic acids is 1. The first kappa shape index (κ1) is 17.5. The van der Waals surface area contributed by atoms with E-state index < -0.39 is 11.0 Å². The topological polar surface area (TPSA) is 64.0 Å². The molecule has 138 valence electrons. The van der Waals surface area contributed by atoms with Crippen molar-refractivity contribution in [1.29, 1.82) is 0 Å². The van der Waals surface area contributed by atoms with E-state index in [1.165, 1.54) is 40.7 Å². The molecule has 2 aromatic rings. The van der Waals surface area contributed by atoms with Crippen molar-refractivity contribution >= 4 is 16.9 Å². The highest BCUT2D eigenvalue weighted by atomic mass is 32.2. The van der Waals surface area contributed by atoms with Gasteiger partial charge in [-0.05, 0) is 86.3 Å². The van der Waals surface area contributed by atoms with Crippen molar-refractivity contribution < 1.29 is 9.00 Å². The van der Waals surface area contributed by atoms with Crippen LogP contribution in [0.25, 0.3) is 0 Å². The standard InChI is InChI=1S/C20H25N3O2S/c1-13(2)23-10-9-20(21-23)26(25)22-19(24)12-18-16-7-3-5-14(16)11-15-6-4-8-17(15)18/h9-11,13H,3-8,12H2,1-2H3,(H,22,24). The number of rotatable bonds is 5. The molecule has 2 aliphatic rings. The Hall–Kier alpha value is -1.95. The van der Waals surface area contributed by atoms with Crippen LogP contribution in [0.15, 0.2) is 23.4 Å². The van der Waals surface area contributed by atoms with E-state index in [1.54, 1.807) is 16.9 Å². The molecule has 2 aliphatic carbocycles. The zero-order chi connectivity index (χ0) is 18.3. The zero-order valence-electron chi connectivity index (χ0n) is 15.4. The van der Waals surface area contributed by atoms with Gasteiger partial charge in [-0.2, -0.15) is 5.10 Å². The number of nitrogens with one attached hydrogen (secondary N) is 1. The largest absolute Gasteiger partial charge is 0.274 e. The van der Waals surface area contributed by atoms with Crippen molar-refractivity contribution in [2.45, 2.75) is 69.9 Å². The Morgan fingerprint density at radius 2 is 1.85 bits per heavy atom. The van der Waals surface area contributed by atoms with Crippen LogP contribution in [-0.4, -0.2) is 19.9 Å². The summed E-state index contributed by atoms with van der Waals surface area (Å²) < 4.78 is 16.8. The number of hydrogen-bond donors (Lipinski definition) is 1. The fourth-order valence-electron chi connectivity index (χ4n) is 4.21. The van der Waals surface area contributed by atoms with Gasteiger partial charge in [0.05, 0.1) is 6.42 Å². The third kappa shape index (κ3) is 3.22. The Labute approximate surface area is 156 Å². The molecule has 1 amide bonds. The van der Waals surface area contributed by atoms with Crippen LogP contribution in [0.3, 0.4) is 0 Å². The number of nitrogens with zero attached hydrogens (tertiary/aromatic N) is 2. The molecule has 0 saturated heterocycles. The second-order valence-corrected chi connectivity index (χ2v) is 8.70. The first-order valence-corrected chi connectivity index (χ1v) is 10.6. The van der Waals surface area contributed by atoms with Crippen molar-refractivity contribution in [2.24, 2.45) is 0 Å². The quantitative estimate of drug-likeness (QED) is 0.879. The van der Waals surface area contributed by atoms with Crippen LogP contribution in [0.2, 0.25) is 0 Å². The number of aromatic nitrogens is 2. The Kier molecular flexibility index (Phi) is 4.69. The van der Waals surface area contributed by atoms with Gasteiger partial charge in [0, 0.05) is 12.2 Å². The van der Waals surface area contributed by atoms with Crippen LogP contribution >= 0.6 is 0 Å². The summed E-state index contributed by atoms with van der Waals surface area (Å²) in [4.78, 5) is 12.6. The monoisotopic (exact) mass is 371 g/mol. The summed E-state index contributed by atoms with van der Waals surface area (Å²) in [6.45, 7) is 4.02. The molecule has 1 unspecified atom stereocenters. The number of hydrogen-bond acceptors (Lipinski definition) is 3. The van der Waals surface area contributed by atoms with Gasteiger partial charge in [-0.25, -0.2) is 4.21 Å². The lowest BCUT2D eigenvalue weighted by atomic mass is 9.92. The Morgan fingerprint density at radius 1 is 1.19 bits per heavy atom. The van der Waals surface area contributed by atoms with E-state index in [9.17, 15) is 9.00 Å². The van der Waals surface area contributed by atoms with Gasteiger partial charge in [0.1, 0.15) is 0 Å². The summed E-state index contributed by atoms with van der Waals surface area (Å²) in [5.74, 6) is -0.183. The average Bonchev–Trinajstić information content (AvgIpc) is 3.34. The molecular weight excluding hydrogens is 346 g/mol. The number of fused-ring (bicyclic) bond motifs is 2. The third-order valence-electron chi connectivity index (χ3n) is 5.44. The first-order chi connectivity index (χ1) is 12.5. The Balaban J connectivity index is 1.51. The lowest BCUT2D eigenvalue weighted by molar-refractivity contribution is -0.118. The van der Waals surface area contributed by atoms with Crippen molar-refractivity contribution in [1.82, 2.24) is 14.5 Å². The number of aryl methyl sites for hydroxylation is 2. The molecule has 0 aliphatic heterocycles. The summed E-state index contributed by atoms with van der Waals surface area (Å²) in [5, 5.41) is 4.69. The van der Waals surface area contributed by atoms with Gasteiger partial charge in [-0.1, -0.05) is 6.07 Å². The predicted molar refractivity (Wildman–Crippen MR) is 101 cm³/mol. The fourth-order valence-corrected chi connectivity index (χ4v) is 4.94. The maximum Gasteiger partial charge on any atom is 0.236 e. The molecule has 0 radical (unpaired) electrons. The summed E-state index contributed by atoms with van der Waals surface area (Å²) in [6, 6.07) is 4.27. The molecule has 0 saturated carbocycles. The molecule has 26 heavy (non-hydrogen) atoms. The van der Waals surface area contributed by atoms with Crippen molar-refractivity contribution in [2.75, 3.05) is 0 Å². The summed E-state index contributed by atoms with van der Waals surface area (Å²) in [5.41, 5.74) is 6.79. The van der Waals surface area contributed by atoms with Crippen molar-refractivity contribution in [3.8, 4) is 0 Å². The zero-order valence-corrected chi connectivity index (χ0v) is 16.2. The molecule has 1 heterocycles. The minimum atomic E-state index is -1.61. The predicted octanol–water partition coefficient (Wildman–Crippen LogP) is 2.82. The van der Waals surface area contributed by atoms with E-state index >= 15 is 0 Å². The Morgan fingerprint density at radius 3 is 2.42 bits per heavy atom. The molecule has 0 bridgehead atoms. The minimum absolute atomic E-state index is 0.183. The van der Waals surface area contributed by atoms with Crippen LogP contribution in [0, 0.1) is 0 Å². The SMILES string of the molecule is CC(C)n1ccc(S(=O)NC(=O)Cc2c3c(cc4c2CCC4)CCC3)n1. The van der Waals surface area contributed by atoms with Crippen LogP contribution in [-0.2, 0) is 47.9 Å². The smallest absolute Gasteiger partial charge is 0.236 e. The van der Waals surface area contributed by atoms with E-state index in [-0.39, 0.29) is 11.9 Å². The highest BCUT2D eigenvalue weighted by Gasteiger charge is 2.25. The Bertz CT molecular complexity index is 853. The fraction of sp³-hybridized carbons (Fsp3) is 0.500. The van der Waals surface area contributed by atoms with Gasteiger partial charge in [-0.3, -0.25) is 14.2 Å². The number of carbonyl (C=O) groups is 1. The molecule has 0 spiro atoms. The van der Waals surface area contributed by atoms with E-state index in [0.717, 1.165) is 25.7 Å². The molecule has 1 aromatic heterocycles. The van der Waals surface area contributed by atoms with E-state index in [4.69, 9.17) is 0 Å². The first-order valence-electron chi connectivity index (χ1n) is 9.44. The van der Waals surface area contributed by atoms with Crippen molar-refractivity contribution in [3.05, 3.63) is 46.1 Å². The van der Waals surface area contributed by atoms with Gasteiger partial charge < -0.3 is 0 Å². The molecule has 5 nitrogen and oxygen atoms in total. The number of amides is 1. The van der Waals surface area contributed by atoms with Gasteiger partial charge in [-0.15, -0.1) is 0 Å². The molecule has 0 fully saturated rings. The lowest BCUT2D eigenvalue weighted by Gasteiger charge is -2.14. The molecule has 1 aromatic carbocycles. The number of benzene rings is 1. The van der Waals surface area contributed by atoms with E-state index in [2.05, 4.69) is 15.9 Å². The van der Waals surface area contributed by atoms with Gasteiger partial charge in [0.25, 0.3) is 0 Å². The highest BCUT2D eigenvalue weighted by Crippen LogP contribution is 2.35. The third-order valence-corrected chi connectivity index (χ3v) is 6.46.